The standard InChI is InChI=1S/C18H22N2O4S/c1-10-14(16(21)24-18(2,3)4)15(20-17(25)19-10)11-5-6-12-13(9-11)23-8-7-22-12/h5-6,9,15H,7-8H2,1-4H3,(H2,19,20,25). The van der Waals surface area contributed by atoms with E-state index in [2.05, 4.69) is 10.6 Å². The Morgan fingerprint density at radius 2 is 1.92 bits per heavy atom. The molecule has 0 saturated carbocycles. The normalized spacial score (nSPS) is 19.8. The van der Waals surface area contributed by atoms with Gasteiger partial charge in [0.25, 0.3) is 0 Å². The zero-order valence-electron chi connectivity index (χ0n) is 14.8. The Morgan fingerprint density at radius 3 is 2.60 bits per heavy atom. The lowest BCUT2D eigenvalue weighted by Gasteiger charge is -2.32. The number of allylic oxidation sites excluding steroid dienone is 1. The minimum Gasteiger partial charge on any atom is -0.486 e. The molecule has 2 heterocycles. The second-order valence-corrected chi connectivity index (χ2v) is 7.38. The van der Waals surface area contributed by atoms with Gasteiger partial charge in [-0.3, -0.25) is 0 Å². The van der Waals surface area contributed by atoms with Crippen LogP contribution < -0.4 is 20.1 Å². The second-order valence-electron chi connectivity index (χ2n) is 6.98. The predicted octanol–water partition coefficient (Wildman–Crippen LogP) is 2.59. The van der Waals surface area contributed by atoms with Crippen molar-refractivity contribution < 1.29 is 19.0 Å². The summed E-state index contributed by atoms with van der Waals surface area (Å²) in [6.45, 7) is 8.38. The van der Waals surface area contributed by atoms with Crippen LogP contribution in [0.3, 0.4) is 0 Å². The van der Waals surface area contributed by atoms with Crippen molar-refractivity contribution in [3.05, 3.63) is 35.0 Å². The van der Waals surface area contributed by atoms with Crippen molar-refractivity contribution in [3.63, 3.8) is 0 Å². The number of thiocarbonyl (C=S) groups is 1. The minimum atomic E-state index is -0.584. The third kappa shape index (κ3) is 3.87. The van der Waals surface area contributed by atoms with Crippen LogP contribution in [0.5, 0.6) is 11.5 Å². The molecule has 3 rings (SSSR count). The van der Waals surface area contributed by atoms with Crippen molar-refractivity contribution in [1.29, 1.82) is 0 Å². The highest BCUT2D eigenvalue weighted by molar-refractivity contribution is 7.80. The maximum atomic E-state index is 12.7. The minimum absolute atomic E-state index is 0.382. The van der Waals surface area contributed by atoms with Crippen LogP contribution >= 0.6 is 12.2 Å². The van der Waals surface area contributed by atoms with Gasteiger partial charge >= 0.3 is 5.97 Å². The van der Waals surface area contributed by atoms with Crippen LogP contribution in [0.2, 0.25) is 0 Å². The van der Waals surface area contributed by atoms with E-state index in [0.717, 1.165) is 5.56 Å². The van der Waals surface area contributed by atoms with Crippen LogP contribution in [-0.2, 0) is 9.53 Å². The molecule has 1 unspecified atom stereocenters. The zero-order valence-corrected chi connectivity index (χ0v) is 15.6. The molecule has 1 atom stereocenters. The monoisotopic (exact) mass is 362 g/mol. The van der Waals surface area contributed by atoms with Gasteiger partial charge in [0.2, 0.25) is 0 Å². The van der Waals surface area contributed by atoms with Crippen molar-refractivity contribution >= 4 is 23.3 Å². The third-order valence-electron chi connectivity index (χ3n) is 3.79. The van der Waals surface area contributed by atoms with Crippen molar-refractivity contribution in [3.8, 4) is 11.5 Å². The summed E-state index contributed by atoms with van der Waals surface area (Å²) in [5.74, 6) is 0.981. The number of fused-ring (bicyclic) bond motifs is 1. The summed E-state index contributed by atoms with van der Waals surface area (Å²) in [6.07, 6.45) is 0. The van der Waals surface area contributed by atoms with Gasteiger partial charge in [-0.25, -0.2) is 4.79 Å². The van der Waals surface area contributed by atoms with Crippen LogP contribution in [0.1, 0.15) is 39.3 Å². The maximum Gasteiger partial charge on any atom is 0.338 e. The van der Waals surface area contributed by atoms with Crippen LogP contribution in [0.25, 0.3) is 0 Å². The quantitative estimate of drug-likeness (QED) is 0.619. The molecule has 2 aliphatic rings. The second kappa shape index (κ2) is 6.55. The molecule has 2 N–H and O–H groups in total. The van der Waals surface area contributed by atoms with E-state index in [4.69, 9.17) is 26.4 Å². The Bertz CT molecular complexity index is 752. The van der Waals surface area contributed by atoms with Crippen LogP contribution in [0.15, 0.2) is 29.5 Å². The molecule has 6 nitrogen and oxygen atoms in total. The molecule has 25 heavy (non-hydrogen) atoms. The highest BCUT2D eigenvalue weighted by Gasteiger charge is 2.33. The fraction of sp³-hybridized carbons (Fsp3) is 0.444. The number of hydrogen-bond acceptors (Lipinski definition) is 5. The molecule has 134 valence electrons. The van der Waals surface area contributed by atoms with Gasteiger partial charge < -0.3 is 24.8 Å². The Balaban J connectivity index is 1.98. The molecule has 0 radical (unpaired) electrons. The molecule has 0 fully saturated rings. The summed E-state index contributed by atoms with van der Waals surface area (Å²) in [5.41, 5.74) is 1.45. The zero-order chi connectivity index (χ0) is 18.2. The molecular formula is C18H22N2O4S. The van der Waals surface area contributed by atoms with Crippen molar-refractivity contribution in [2.24, 2.45) is 0 Å². The summed E-state index contributed by atoms with van der Waals surface area (Å²) < 4.78 is 16.8. The molecule has 2 aliphatic heterocycles. The van der Waals surface area contributed by atoms with Gasteiger partial charge in [-0.15, -0.1) is 0 Å². The summed E-state index contributed by atoms with van der Waals surface area (Å²) >= 11 is 5.27. The summed E-state index contributed by atoms with van der Waals surface area (Å²) in [4.78, 5) is 12.7. The van der Waals surface area contributed by atoms with Crippen LogP contribution in [0, 0.1) is 0 Å². The van der Waals surface area contributed by atoms with Gasteiger partial charge in [0.05, 0.1) is 11.6 Å². The lowest BCUT2D eigenvalue weighted by atomic mass is 9.95. The fourth-order valence-electron chi connectivity index (χ4n) is 2.79. The van der Waals surface area contributed by atoms with E-state index in [9.17, 15) is 4.79 Å². The van der Waals surface area contributed by atoms with E-state index >= 15 is 0 Å². The number of rotatable bonds is 2. The predicted molar refractivity (Wildman–Crippen MR) is 97.6 cm³/mol. The Kier molecular flexibility index (Phi) is 4.60. The molecule has 0 spiro atoms. The summed E-state index contributed by atoms with van der Waals surface area (Å²) in [7, 11) is 0. The first kappa shape index (κ1) is 17.5. The average Bonchev–Trinajstić information content (AvgIpc) is 2.51. The molecule has 0 aliphatic carbocycles. The topological polar surface area (TPSA) is 68.8 Å². The Morgan fingerprint density at radius 1 is 1.24 bits per heavy atom. The molecular weight excluding hydrogens is 340 g/mol. The summed E-state index contributed by atoms with van der Waals surface area (Å²) in [5, 5.41) is 6.62. The maximum absolute atomic E-state index is 12.7. The van der Waals surface area contributed by atoms with E-state index in [1.165, 1.54) is 0 Å². The largest absolute Gasteiger partial charge is 0.486 e. The van der Waals surface area contributed by atoms with E-state index in [1.54, 1.807) is 0 Å². The SMILES string of the molecule is CC1=C(C(=O)OC(C)(C)C)C(c2ccc3c(c2)OCCO3)NC(=S)N1. The third-order valence-corrected chi connectivity index (χ3v) is 4.01. The molecule has 0 aromatic heterocycles. The number of carbonyl (C=O) groups excluding carboxylic acids is 1. The van der Waals surface area contributed by atoms with Gasteiger partial charge in [0.1, 0.15) is 18.8 Å². The van der Waals surface area contributed by atoms with Crippen molar-refractivity contribution in [1.82, 2.24) is 10.6 Å². The number of benzene rings is 1. The highest BCUT2D eigenvalue weighted by Crippen LogP contribution is 2.36. The molecule has 0 saturated heterocycles. The first-order chi connectivity index (χ1) is 11.7. The molecule has 0 amide bonds. The van der Waals surface area contributed by atoms with Gasteiger partial charge in [-0.2, -0.15) is 0 Å². The Hall–Kier alpha value is -2.28. The van der Waals surface area contributed by atoms with Gasteiger partial charge in [-0.1, -0.05) is 6.07 Å². The van der Waals surface area contributed by atoms with E-state index in [-0.39, 0.29) is 5.97 Å². The first-order valence-electron chi connectivity index (χ1n) is 8.16. The lowest BCUT2D eigenvalue weighted by molar-refractivity contribution is -0.150. The smallest absolute Gasteiger partial charge is 0.338 e. The number of esters is 1. The molecule has 0 bridgehead atoms. The number of hydrogen-bond donors (Lipinski definition) is 2. The van der Waals surface area contributed by atoms with E-state index < -0.39 is 11.6 Å². The van der Waals surface area contributed by atoms with Crippen LogP contribution in [0.4, 0.5) is 0 Å². The van der Waals surface area contributed by atoms with E-state index in [1.807, 2.05) is 45.9 Å². The van der Waals surface area contributed by atoms with Gasteiger partial charge in [0.15, 0.2) is 16.6 Å². The van der Waals surface area contributed by atoms with Crippen molar-refractivity contribution in [2.75, 3.05) is 13.2 Å². The lowest BCUT2D eigenvalue weighted by Crippen LogP contribution is -2.45. The average molecular weight is 362 g/mol. The van der Waals surface area contributed by atoms with Crippen molar-refractivity contribution in [2.45, 2.75) is 39.3 Å². The number of ether oxygens (including phenoxy) is 3. The fourth-order valence-corrected chi connectivity index (χ4v) is 3.06. The number of nitrogens with one attached hydrogen (secondary N) is 2. The first-order valence-corrected chi connectivity index (χ1v) is 8.56. The highest BCUT2D eigenvalue weighted by atomic mass is 32.1. The molecule has 1 aromatic rings. The van der Waals surface area contributed by atoms with E-state index in [0.29, 0.717) is 41.1 Å². The summed E-state index contributed by atoms with van der Waals surface area (Å²) in [6, 6.07) is 5.20. The molecule has 7 heteroatoms. The van der Waals surface area contributed by atoms with Gasteiger partial charge in [-0.05, 0) is 57.6 Å². The van der Waals surface area contributed by atoms with Crippen LogP contribution in [-0.4, -0.2) is 29.9 Å². The Labute approximate surface area is 152 Å². The molecule has 1 aromatic carbocycles. The van der Waals surface area contributed by atoms with Gasteiger partial charge in [0, 0.05) is 5.70 Å². The number of carbonyl (C=O) groups is 1.